The van der Waals surface area contributed by atoms with Gasteiger partial charge < -0.3 is 10.6 Å². The number of carbonyl (C=O) groups is 1. The zero-order chi connectivity index (χ0) is 26.1. The number of amides is 1. The van der Waals surface area contributed by atoms with Crippen molar-refractivity contribution < 1.29 is 9.18 Å². The molecule has 4 aromatic rings. The number of aromatic nitrogens is 3. The molecule has 1 aliphatic rings. The van der Waals surface area contributed by atoms with Gasteiger partial charge in [-0.1, -0.05) is 77.5 Å². The number of nitrogens with one attached hydrogen (secondary N) is 2. The zero-order valence-corrected chi connectivity index (χ0v) is 22.0. The second-order valence-electron chi connectivity index (χ2n) is 9.30. The molecular formula is C29H28FN5OS. The van der Waals surface area contributed by atoms with Crippen molar-refractivity contribution in [3.8, 4) is 0 Å². The lowest BCUT2D eigenvalue weighted by Crippen LogP contribution is -2.32. The van der Waals surface area contributed by atoms with Crippen LogP contribution in [0.15, 0.2) is 83.2 Å². The van der Waals surface area contributed by atoms with Crippen LogP contribution in [0.5, 0.6) is 0 Å². The molecular weight excluding hydrogens is 485 g/mol. The molecule has 0 radical (unpaired) electrons. The first-order valence-corrected chi connectivity index (χ1v) is 13.0. The molecule has 6 nitrogen and oxygen atoms in total. The first-order chi connectivity index (χ1) is 17.8. The first-order valence-electron chi connectivity index (χ1n) is 12.1. The van der Waals surface area contributed by atoms with Gasteiger partial charge in [0.1, 0.15) is 11.9 Å². The second kappa shape index (κ2) is 10.2. The summed E-state index contributed by atoms with van der Waals surface area (Å²) >= 11 is 1.50. The lowest BCUT2D eigenvalue weighted by atomic mass is 9.94. The molecule has 8 heteroatoms. The van der Waals surface area contributed by atoms with E-state index in [1.807, 2.05) is 45.0 Å². The smallest absolute Gasteiger partial charge is 0.255 e. The molecule has 0 spiro atoms. The third-order valence-corrected chi connectivity index (χ3v) is 7.27. The van der Waals surface area contributed by atoms with Gasteiger partial charge in [0.15, 0.2) is 0 Å². The predicted octanol–water partition coefficient (Wildman–Crippen LogP) is 6.56. The Kier molecular flexibility index (Phi) is 6.84. The van der Waals surface area contributed by atoms with E-state index < -0.39 is 11.9 Å². The van der Waals surface area contributed by atoms with Crippen molar-refractivity contribution in [2.45, 2.75) is 44.6 Å². The van der Waals surface area contributed by atoms with Crippen LogP contribution in [0.25, 0.3) is 0 Å². The lowest BCUT2D eigenvalue weighted by Gasteiger charge is -2.29. The van der Waals surface area contributed by atoms with Gasteiger partial charge in [-0.05, 0) is 51.0 Å². The van der Waals surface area contributed by atoms with Gasteiger partial charge in [-0.2, -0.15) is 4.98 Å². The highest BCUT2D eigenvalue weighted by Crippen LogP contribution is 2.38. The van der Waals surface area contributed by atoms with E-state index in [0.29, 0.717) is 39.4 Å². The number of benzene rings is 3. The molecule has 37 heavy (non-hydrogen) atoms. The quantitative estimate of drug-likeness (QED) is 0.286. The normalized spacial score (nSPS) is 14.8. The third-order valence-electron chi connectivity index (χ3n) is 6.36. The van der Waals surface area contributed by atoms with Crippen LogP contribution < -0.4 is 10.6 Å². The Balaban J connectivity index is 1.50. The van der Waals surface area contributed by atoms with Crippen molar-refractivity contribution in [3.05, 3.63) is 112 Å². The standard InChI is InChI=1S/C29H28FN5OS/c1-17-8-7-9-21(15-17)16-37-29-33-28-31-20(4)25(27(36)32-24-13-12-18(2)14-19(24)3)26(35(28)34-29)22-10-5-6-11-23(22)30/h5-15,26H,16H2,1-4H3,(H,32,36)(H,31,33,34)/t26-/m1/s1. The molecule has 0 bridgehead atoms. The van der Waals surface area contributed by atoms with Crippen LogP contribution in [0.4, 0.5) is 16.0 Å². The summed E-state index contributed by atoms with van der Waals surface area (Å²) in [6.07, 6.45) is 0. The predicted molar refractivity (Wildman–Crippen MR) is 146 cm³/mol. The lowest BCUT2D eigenvalue weighted by molar-refractivity contribution is -0.113. The fraction of sp³-hybridized carbons (Fsp3) is 0.207. The number of carbonyl (C=O) groups excluding carboxylic acids is 1. The maximum atomic E-state index is 15.1. The van der Waals surface area contributed by atoms with Gasteiger partial charge in [0, 0.05) is 22.7 Å². The number of rotatable bonds is 6. The van der Waals surface area contributed by atoms with Crippen LogP contribution in [-0.4, -0.2) is 20.7 Å². The van der Waals surface area contributed by atoms with E-state index in [2.05, 4.69) is 40.7 Å². The SMILES string of the molecule is CC1=C(C(=O)Nc2ccc(C)cc2C)[C@@H](c2ccccc2F)n2nc(SCc3cccc(C)c3)nc2N1. The number of hydrogen-bond donors (Lipinski definition) is 2. The number of halogens is 1. The number of hydrogen-bond acceptors (Lipinski definition) is 5. The maximum Gasteiger partial charge on any atom is 0.255 e. The molecule has 0 fully saturated rings. The van der Waals surface area contributed by atoms with E-state index in [1.165, 1.54) is 29.0 Å². The highest BCUT2D eigenvalue weighted by Gasteiger charge is 2.36. The zero-order valence-electron chi connectivity index (χ0n) is 21.2. The average molecular weight is 514 g/mol. The van der Waals surface area contributed by atoms with Crippen molar-refractivity contribution in [2.24, 2.45) is 0 Å². The molecule has 1 atom stereocenters. The Morgan fingerprint density at radius 1 is 1.03 bits per heavy atom. The summed E-state index contributed by atoms with van der Waals surface area (Å²) in [7, 11) is 0. The van der Waals surface area contributed by atoms with Gasteiger partial charge >= 0.3 is 0 Å². The molecule has 2 heterocycles. The number of allylic oxidation sites excluding steroid dienone is 1. The maximum absolute atomic E-state index is 15.1. The number of anilines is 2. The first kappa shape index (κ1) is 24.8. The summed E-state index contributed by atoms with van der Waals surface area (Å²) in [4.78, 5) is 18.3. The minimum Gasteiger partial charge on any atom is -0.328 e. The molecule has 188 valence electrons. The Morgan fingerprint density at radius 3 is 2.57 bits per heavy atom. The molecule has 1 aromatic heterocycles. The molecule has 0 saturated carbocycles. The highest BCUT2D eigenvalue weighted by molar-refractivity contribution is 7.98. The van der Waals surface area contributed by atoms with Gasteiger partial charge in [0.25, 0.3) is 5.91 Å². The van der Waals surface area contributed by atoms with Gasteiger partial charge in [-0.3, -0.25) is 4.79 Å². The highest BCUT2D eigenvalue weighted by atomic mass is 32.2. The largest absolute Gasteiger partial charge is 0.328 e. The van der Waals surface area contributed by atoms with E-state index in [4.69, 9.17) is 5.10 Å². The Hall–Kier alpha value is -3.91. The molecule has 2 N–H and O–H groups in total. The van der Waals surface area contributed by atoms with Crippen LogP contribution >= 0.6 is 11.8 Å². The summed E-state index contributed by atoms with van der Waals surface area (Å²) in [5, 5.41) is 11.5. The van der Waals surface area contributed by atoms with E-state index in [0.717, 1.165) is 11.1 Å². The van der Waals surface area contributed by atoms with Gasteiger partial charge in [-0.15, -0.1) is 5.10 Å². The minimum atomic E-state index is -0.774. The van der Waals surface area contributed by atoms with Crippen molar-refractivity contribution >= 4 is 29.3 Å². The summed E-state index contributed by atoms with van der Waals surface area (Å²) in [6.45, 7) is 7.82. The molecule has 1 amide bonds. The van der Waals surface area contributed by atoms with Gasteiger partial charge in [0.2, 0.25) is 11.1 Å². The van der Waals surface area contributed by atoms with Crippen molar-refractivity contribution in [1.29, 1.82) is 0 Å². The monoisotopic (exact) mass is 513 g/mol. The van der Waals surface area contributed by atoms with E-state index in [1.54, 1.807) is 22.9 Å². The summed E-state index contributed by atoms with van der Waals surface area (Å²) in [5.41, 5.74) is 6.47. The van der Waals surface area contributed by atoms with E-state index >= 15 is 4.39 Å². The van der Waals surface area contributed by atoms with Crippen LogP contribution in [-0.2, 0) is 10.5 Å². The van der Waals surface area contributed by atoms with Crippen LogP contribution in [0.2, 0.25) is 0 Å². The Labute approximate surface area is 220 Å². The van der Waals surface area contributed by atoms with E-state index in [-0.39, 0.29) is 5.91 Å². The number of nitrogens with zero attached hydrogens (tertiary/aromatic N) is 3. The van der Waals surface area contributed by atoms with Crippen molar-refractivity contribution in [2.75, 3.05) is 10.6 Å². The molecule has 5 rings (SSSR count). The topological polar surface area (TPSA) is 71.8 Å². The molecule has 0 unspecified atom stereocenters. The van der Waals surface area contributed by atoms with Crippen molar-refractivity contribution in [3.63, 3.8) is 0 Å². The summed E-state index contributed by atoms with van der Waals surface area (Å²) in [6, 6.07) is 19.8. The fourth-order valence-corrected chi connectivity index (χ4v) is 5.34. The van der Waals surface area contributed by atoms with Crippen LogP contribution in [0, 0.1) is 26.6 Å². The number of aryl methyl sites for hydroxylation is 3. The van der Waals surface area contributed by atoms with Crippen molar-refractivity contribution in [1.82, 2.24) is 14.8 Å². The average Bonchev–Trinajstić information content (AvgIpc) is 3.26. The molecule has 0 saturated heterocycles. The Bertz CT molecular complexity index is 1530. The Morgan fingerprint density at radius 2 is 1.81 bits per heavy atom. The molecule has 0 aliphatic carbocycles. The second-order valence-corrected chi connectivity index (χ2v) is 10.2. The van der Waals surface area contributed by atoms with E-state index in [9.17, 15) is 4.79 Å². The van der Waals surface area contributed by atoms with Gasteiger partial charge in [-0.25, -0.2) is 9.07 Å². The minimum absolute atomic E-state index is 0.319. The molecule has 1 aliphatic heterocycles. The van der Waals surface area contributed by atoms with Gasteiger partial charge in [0.05, 0.1) is 5.57 Å². The summed E-state index contributed by atoms with van der Waals surface area (Å²) < 4.78 is 16.8. The summed E-state index contributed by atoms with van der Waals surface area (Å²) in [5.74, 6) is 0.442. The number of thioether (sulfide) groups is 1. The number of fused-ring (bicyclic) bond motifs is 1. The van der Waals surface area contributed by atoms with Crippen LogP contribution in [0.1, 0.15) is 40.8 Å². The fourth-order valence-electron chi connectivity index (χ4n) is 4.56. The van der Waals surface area contributed by atoms with Crippen LogP contribution in [0.3, 0.4) is 0 Å². The third kappa shape index (κ3) is 5.15. The molecule has 3 aromatic carbocycles.